The monoisotopic (exact) mass is 341 g/mol. The summed E-state index contributed by atoms with van der Waals surface area (Å²) in [6.45, 7) is 3.95. The molecule has 0 bridgehead atoms. The van der Waals surface area contributed by atoms with Gasteiger partial charge in [-0.2, -0.15) is 0 Å². The molecular weight excluding hydrogens is 318 g/mol. The lowest BCUT2D eigenvalue weighted by Crippen LogP contribution is -2.24. The Balaban J connectivity index is 2.02. The number of carbonyl (C=O) groups is 2. The van der Waals surface area contributed by atoms with E-state index in [1.165, 1.54) is 0 Å². The molecule has 132 valence electrons. The molecule has 0 fully saturated rings. The molecule has 0 spiro atoms. The Bertz CT molecular complexity index is 733. The number of hydrogen-bond donors (Lipinski definition) is 2. The van der Waals surface area contributed by atoms with Gasteiger partial charge in [-0.3, -0.25) is 9.59 Å². The van der Waals surface area contributed by atoms with E-state index in [0.29, 0.717) is 17.9 Å². The van der Waals surface area contributed by atoms with Crippen LogP contribution in [0.25, 0.3) is 0 Å². The molecule has 0 aromatic heterocycles. The van der Waals surface area contributed by atoms with Crippen molar-refractivity contribution in [3.05, 3.63) is 59.2 Å². The van der Waals surface area contributed by atoms with Gasteiger partial charge in [-0.05, 0) is 50.1 Å². The van der Waals surface area contributed by atoms with Gasteiger partial charge < -0.3 is 15.2 Å². The number of aryl methyl sites for hydroxylation is 2. The molecule has 2 aromatic carbocycles. The minimum atomic E-state index is -0.968. The van der Waals surface area contributed by atoms with Gasteiger partial charge >= 0.3 is 5.97 Å². The van der Waals surface area contributed by atoms with Crippen molar-refractivity contribution in [3.8, 4) is 5.75 Å². The number of carbonyl (C=O) groups excluding carboxylic acids is 1. The summed E-state index contributed by atoms with van der Waals surface area (Å²) in [6, 6.07) is 12.9. The lowest BCUT2D eigenvalue weighted by Gasteiger charge is -2.14. The Kier molecular flexibility index (Phi) is 6.17. The second-order valence-corrected chi connectivity index (χ2v) is 6.22. The van der Waals surface area contributed by atoms with E-state index < -0.39 is 11.9 Å². The highest BCUT2D eigenvalue weighted by atomic mass is 16.5. The second kappa shape index (κ2) is 8.33. The maximum Gasteiger partial charge on any atom is 0.307 e. The molecule has 0 aliphatic carbocycles. The Morgan fingerprint density at radius 2 is 1.68 bits per heavy atom. The molecule has 25 heavy (non-hydrogen) atoms. The maximum atomic E-state index is 12.2. The van der Waals surface area contributed by atoms with Crippen molar-refractivity contribution < 1.29 is 19.4 Å². The summed E-state index contributed by atoms with van der Waals surface area (Å²) in [4.78, 5) is 23.7. The lowest BCUT2D eigenvalue weighted by molar-refractivity contribution is -0.143. The highest BCUT2D eigenvalue weighted by Crippen LogP contribution is 2.19. The Morgan fingerprint density at radius 1 is 1.08 bits per heavy atom. The summed E-state index contributed by atoms with van der Waals surface area (Å²) in [7, 11) is 1.57. The number of nitrogens with one attached hydrogen (secondary N) is 1. The number of aliphatic carboxylic acids is 1. The molecule has 0 radical (unpaired) electrons. The average molecular weight is 341 g/mol. The molecule has 2 aromatic rings. The molecule has 1 unspecified atom stereocenters. The Labute approximate surface area is 147 Å². The number of hydrogen-bond acceptors (Lipinski definition) is 3. The zero-order chi connectivity index (χ0) is 18.4. The number of ether oxygens (including phenoxy) is 1. The molecule has 1 atom stereocenters. The maximum absolute atomic E-state index is 12.2. The first kappa shape index (κ1) is 18.5. The van der Waals surface area contributed by atoms with E-state index in [0.717, 1.165) is 16.7 Å². The summed E-state index contributed by atoms with van der Waals surface area (Å²) in [5, 5.41) is 12.2. The van der Waals surface area contributed by atoms with Crippen LogP contribution in [0, 0.1) is 19.8 Å². The molecule has 0 aliphatic rings. The van der Waals surface area contributed by atoms with E-state index >= 15 is 0 Å². The minimum absolute atomic E-state index is 0.0750. The minimum Gasteiger partial charge on any atom is -0.497 e. The highest BCUT2D eigenvalue weighted by Gasteiger charge is 2.22. The number of methoxy groups -OCH3 is 1. The summed E-state index contributed by atoms with van der Waals surface area (Å²) >= 11 is 0. The van der Waals surface area contributed by atoms with Crippen molar-refractivity contribution in [3.63, 3.8) is 0 Å². The molecule has 5 nitrogen and oxygen atoms in total. The predicted molar refractivity (Wildman–Crippen MR) is 97.0 cm³/mol. The smallest absolute Gasteiger partial charge is 0.307 e. The molecule has 2 N–H and O–H groups in total. The van der Waals surface area contributed by atoms with Gasteiger partial charge in [-0.15, -0.1) is 0 Å². The number of benzene rings is 2. The van der Waals surface area contributed by atoms with Crippen LogP contribution in [0.5, 0.6) is 5.75 Å². The van der Waals surface area contributed by atoms with E-state index in [2.05, 4.69) is 5.32 Å². The second-order valence-electron chi connectivity index (χ2n) is 6.22. The normalized spacial score (nSPS) is 11.6. The first-order valence-electron chi connectivity index (χ1n) is 8.11. The van der Waals surface area contributed by atoms with Crippen LogP contribution in [0.4, 0.5) is 5.69 Å². The average Bonchev–Trinajstić information content (AvgIpc) is 2.54. The Hall–Kier alpha value is -2.82. The number of rotatable bonds is 7. The van der Waals surface area contributed by atoms with Crippen molar-refractivity contribution in [2.45, 2.75) is 26.7 Å². The zero-order valence-corrected chi connectivity index (χ0v) is 14.7. The standard InChI is InChI=1S/C20H23NO4/c1-13-8-14(2)10-15(9-13)11-16(20(23)24)12-19(22)21-17-4-6-18(25-3)7-5-17/h4-10,16H,11-12H2,1-3H3,(H,21,22)(H,23,24). The van der Waals surface area contributed by atoms with Gasteiger partial charge in [-0.1, -0.05) is 29.3 Å². The van der Waals surface area contributed by atoms with Crippen molar-refractivity contribution in [1.82, 2.24) is 0 Å². The van der Waals surface area contributed by atoms with Gasteiger partial charge in [0.05, 0.1) is 13.0 Å². The van der Waals surface area contributed by atoms with Crippen molar-refractivity contribution in [1.29, 1.82) is 0 Å². The fourth-order valence-corrected chi connectivity index (χ4v) is 2.83. The summed E-state index contributed by atoms with van der Waals surface area (Å²) < 4.78 is 5.07. The van der Waals surface area contributed by atoms with Crippen LogP contribution in [0.3, 0.4) is 0 Å². The molecule has 1 amide bonds. The molecule has 0 saturated heterocycles. The van der Waals surface area contributed by atoms with Crippen LogP contribution in [-0.2, 0) is 16.0 Å². The fourth-order valence-electron chi connectivity index (χ4n) is 2.83. The van der Waals surface area contributed by atoms with Crippen molar-refractivity contribution >= 4 is 17.6 Å². The van der Waals surface area contributed by atoms with Gasteiger partial charge in [0.1, 0.15) is 5.75 Å². The predicted octanol–water partition coefficient (Wildman–Crippen LogP) is 3.58. The first-order valence-corrected chi connectivity index (χ1v) is 8.11. The third kappa shape index (κ3) is 5.64. The number of carboxylic acids is 1. The zero-order valence-electron chi connectivity index (χ0n) is 14.7. The SMILES string of the molecule is COc1ccc(NC(=O)CC(Cc2cc(C)cc(C)c2)C(=O)O)cc1. The van der Waals surface area contributed by atoms with Crippen molar-refractivity contribution in [2.24, 2.45) is 5.92 Å². The van der Waals surface area contributed by atoms with E-state index in [1.54, 1.807) is 31.4 Å². The van der Waals surface area contributed by atoms with Gasteiger partial charge in [0.25, 0.3) is 0 Å². The third-order valence-electron chi connectivity index (χ3n) is 3.92. The van der Waals surface area contributed by atoms with Crippen LogP contribution in [0.15, 0.2) is 42.5 Å². The topological polar surface area (TPSA) is 75.6 Å². The summed E-state index contributed by atoms with van der Waals surface area (Å²) in [5.41, 5.74) is 3.71. The van der Waals surface area contributed by atoms with Crippen LogP contribution < -0.4 is 10.1 Å². The van der Waals surface area contributed by atoms with Crippen LogP contribution in [-0.4, -0.2) is 24.1 Å². The molecule has 2 rings (SSSR count). The van der Waals surface area contributed by atoms with Crippen molar-refractivity contribution in [2.75, 3.05) is 12.4 Å². The lowest BCUT2D eigenvalue weighted by atomic mass is 9.94. The quantitative estimate of drug-likeness (QED) is 0.807. The van der Waals surface area contributed by atoms with E-state index in [9.17, 15) is 14.7 Å². The number of carboxylic acid groups (broad SMARTS) is 1. The molecule has 0 heterocycles. The van der Waals surface area contributed by atoms with E-state index in [1.807, 2.05) is 32.0 Å². The van der Waals surface area contributed by atoms with Crippen LogP contribution in [0.2, 0.25) is 0 Å². The van der Waals surface area contributed by atoms with Gasteiger partial charge in [0.15, 0.2) is 0 Å². The molecule has 0 aliphatic heterocycles. The largest absolute Gasteiger partial charge is 0.497 e. The first-order chi connectivity index (χ1) is 11.9. The van der Waals surface area contributed by atoms with Gasteiger partial charge in [0, 0.05) is 12.1 Å². The summed E-state index contributed by atoms with van der Waals surface area (Å²) in [6.07, 6.45) is 0.252. The molecular formula is C20H23NO4. The van der Waals surface area contributed by atoms with Gasteiger partial charge in [-0.25, -0.2) is 0 Å². The molecule has 5 heteroatoms. The third-order valence-corrected chi connectivity index (χ3v) is 3.92. The number of amides is 1. The van der Waals surface area contributed by atoms with Gasteiger partial charge in [0.2, 0.25) is 5.91 Å². The fraction of sp³-hybridized carbons (Fsp3) is 0.300. The molecule has 0 saturated carbocycles. The highest BCUT2D eigenvalue weighted by molar-refractivity contribution is 5.93. The Morgan fingerprint density at radius 3 is 2.20 bits per heavy atom. The van der Waals surface area contributed by atoms with E-state index in [-0.39, 0.29) is 12.3 Å². The summed E-state index contributed by atoms with van der Waals surface area (Å²) in [5.74, 6) is -1.36. The van der Waals surface area contributed by atoms with Crippen LogP contribution in [0.1, 0.15) is 23.1 Å². The van der Waals surface area contributed by atoms with Crippen LogP contribution >= 0.6 is 0 Å². The number of anilines is 1. The van der Waals surface area contributed by atoms with E-state index in [4.69, 9.17) is 4.74 Å².